The van der Waals surface area contributed by atoms with Crippen LogP contribution in [0, 0.1) is 0 Å². The minimum atomic E-state index is -1.55. The second kappa shape index (κ2) is 4.74. The van der Waals surface area contributed by atoms with Gasteiger partial charge in [-0.15, -0.1) is 0 Å². The first-order valence-electron chi connectivity index (χ1n) is 4.41. The lowest BCUT2D eigenvalue weighted by Crippen LogP contribution is -2.13. The van der Waals surface area contributed by atoms with Crippen LogP contribution in [0.25, 0.3) is 0 Å². The average molecular weight is 296 g/mol. The Kier molecular flexibility index (Phi) is 3.49. The smallest absolute Gasteiger partial charge is 0.356 e. The van der Waals surface area contributed by atoms with Gasteiger partial charge in [-0.1, -0.05) is 40.9 Å². The second-order valence-electron chi connectivity index (χ2n) is 3.09. The lowest BCUT2D eigenvalue weighted by Gasteiger charge is -2.11. The van der Waals surface area contributed by atoms with E-state index in [9.17, 15) is 9.90 Å². The van der Waals surface area contributed by atoms with Gasteiger partial charge in [-0.2, -0.15) is 0 Å². The van der Waals surface area contributed by atoms with E-state index >= 15 is 0 Å². The predicted octanol–water partition coefficient (Wildman–Crippen LogP) is 2.70. The Morgan fingerprint density at radius 1 is 1.24 bits per heavy atom. The van der Waals surface area contributed by atoms with Gasteiger partial charge in [-0.05, 0) is 12.1 Å². The summed E-state index contributed by atoms with van der Waals surface area (Å²) in [6.07, 6.45) is -1.55. The maximum absolute atomic E-state index is 11.0. The summed E-state index contributed by atoms with van der Waals surface area (Å²) in [5, 5.41) is 9.48. The minimum Gasteiger partial charge on any atom is -0.450 e. The van der Waals surface area contributed by atoms with Crippen molar-refractivity contribution in [3.63, 3.8) is 0 Å². The summed E-state index contributed by atoms with van der Waals surface area (Å²) in [6, 6.07) is 4.71. The average Bonchev–Trinajstić information content (AvgIpc) is 2.49. The molecule has 4 nitrogen and oxygen atoms in total. The summed E-state index contributed by atoms with van der Waals surface area (Å²) in [7, 11) is 0. The highest BCUT2D eigenvalue weighted by Gasteiger charge is 2.34. The molecule has 7 heteroatoms. The number of esters is 1. The molecule has 0 amide bonds. The maximum atomic E-state index is 11.0. The molecule has 0 aromatic heterocycles. The van der Waals surface area contributed by atoms with E-state index < -0.39 is 12.3 Å². The van der Waals surface area contributed by atoms with E-state index in [1.165, 1.54) is 0 Å². The SMILES string of the molecule is O=C1O[C@H](O)C(Oc2c(Cl)cccc2Cl)=C1Cl. The lowest BCUT2D eigenvalue weighted by atomic mass is 10.3. The molecule has 0 aliphatic carbocycles. The first-order chi connectivity index (χ1) is 8.00. The summed E-state index contributed by atoms with van der Waals surface area (Å²) in [5.41, 5.74) is 0. The molecule has 1 aromatic carbocycles. The zero-order valence-corrected chi connectivity index (χ0v) is 10.4. The summed E-state index contributed by atoms with van der Waals surface area (Å²) >= 11 is 17.3. The number of para-hydroxylation sites is 1. The van der Waals surface area contributed by atoms with E-state index in [0.29, 0.717) is 0 Å². The third kappa shape index (κ3) is 2.35. The molecule has 17 heavy (non-hydrogen) atoms. The molecule has 0 radical (unpaired) electrons. The fourth-order valence-electron chi connectivity index (χ4n) is 1.20. The molecule has 1 aliphatic heterocycles. The highest BCUT2D eigenvalue weighted by atomic mass is 35.5. The zero-order valence-electron chi connectivity index (χ0n) is 8.12. The zero-order chi connectivity index (χ0) is 12.6. The molecule has 0 saturated carbocycles. The molecule has 0 fully saturated rings. The van der Waals surface area contributed by atoms with Crippen LogP contribution in [0.2, 0.25) is 10.0 Å². The van der Waals surface area contributed by atoms with Crippen LogP contribution in [0.4, 0.5) is 0 Å². The van der Waals surface area contributed by atoms with E-state index in [1.54, 1.807) is 18.2 Å². The number of ether oxygens (including phenoxy) is 2. The predicted molar refractivity (Wildman–Crippen MR) is 62.1 cm³/mol. The Bertz CT molecular complexity index is 492. The topological polar surface area (TPSA) is 55.8 Å². The van der Waals surface area contributed by atoms with E-state index in [0.717, 1.165) is 0 Å². The molecular formula is C10H5Cl3O4. The first kappa shape index (κ1) is 12.5. The first-order valence-corrected chi connectivity index (χ1v) is 5.54. The van der Waals surface area contributed by atoms with Crippen LogP contribution < -0.4 is 4.74 Å². The van der Waals surface area contributed by atoms with E-state index in [2.05, 4.69) is 4.74 Å². The van der Waals surface area contributed by atoms with Gasteiger partial charge in [-0.3, -0.25) is 0 Å². The van der Waals surface area contributed by atoms with Crippen LogP contribution in [0.15, 0.2) is 29.0 Å². The second-order valence-corrected chi connectivity index (χ2v) is 4.28. The summed E-state index contributed by atoms with van der Waals surface area (Å²) < 4.78 is 9.66. The Labute approximate surface area is 111 Å². The van der Waals surface area contributed by atoms with Crippen LogP contribution in [0.5, 0.6) is 5.75 Å². The standard InChI is InChI=1S/C10H5Cl3O4/c11-4-2-1-3-5(12)7(4)16-8-6(13)9(14)17-10(8)15/h1-3,10,15H/t10-/m0/s1. The summed E-state index contributed by atoms with van der Waals surface area (Å²) in [4.78, 5) is 11.0. The van der Waals surface area contributed by atoms with Crippen LogP contribution in [0.1, 0.15) is 0 Å². The van der Waals surface area contributed by atoms with Gasteiger partial charge in [0.25, 0.3) is 6.29 Å². The molecule has 0 saturated heterocycles. The molecule has 0 unspecified atom stereocenters. The number of benzene rings is 1. The van der Waals surface area contributed by atoms with Crippen molar-refractivity contribution in [2.45, 2.75) is 6.29 Å². The number of aliphatic hydroxyl groups excluding tert-OH is 1. The number of cyclic esters (lactones) is 1. The van der Waals surface area contributed by atoms with Gasteiger partial charge in [0.1, 0.15) is 0 Å². The molecule has 0 bridgehead atoms. The quantitative estimate of drug-likeness (QED) is 0.852. The molecule has 0 spiro atoms. The maximum Gasteiger partial charge on any atom is 0.356 e. The van der Waals surface area contributed by atoms with Crippen molar-refractivity contribution in [1.82, 2.24) is 0 Å². The van der Waals surface area contributed by atoms with Gasteiger partial charge in [0.2, 0.25) is 0 Å². The van der Waals surface area contributed by atoms with Crippen molar-refractivity contribution in [1.29, 1.82) is 0 Å². The fourth-order valence-corrected chi connectivity index (χ4v) is 1.85. The number of halogens is 3. The van der Waals surface area contributed by atoms with Crippen LogP contribution in [-0.4, -0.2) is 17.4 Å². The van der Waals surface area contributed by atoms with Gasteiger partial charge in [0.05, 0.1) is 10.0 Å². The molecule has 2 rings (SSSR count). The van der Waals surface area contributed by atoms with E-state index in [4.69, 9.17) is 39.5 Å². The van der Waals surface area contributed by atoms with Gasteiger partial charge in [0, 0.05) is 0 Å². The van der Waals surface area contributed by atoms with E-state index in [1.807, 2.05) is 0 Å². The van der Waals surface area contributed by atoms with Crippen molar-refractivity contribution >= 4 is 40.8 Å². The molecule has 1 aromatic rings. The van der Waals surface area contributed by atoms with Crippen molar-refractivity contribution in [3.8, 4) is 5.75 Å². The number of carbonyl (C=O) groups is 1. The summed E-state index contributed by atoms with van der Waals surface area (Å²) in [6.45, 7) is 0. The highest BCUT2D eigenvalue weighted by Crippen LogP contribution is 2.36. The highest BCUT2D eigenvalue weighted by molar-refractivity contribution is 6.42. The van der Waals surface area contributed by atoms with Crippen molar-refractivity contribution < 1.29 is 19.4 Å². The fraction of sp³-hybridized carbons (Fsp3) is 0.100. The number of hydrogen-bond acceptors (Lipinski definition) is 4. The van der Waals surface area contributed by atoms with Crippen LogP contribution >= 0.6 is 34.8 Å². The monoisotopic (exact) mass is 294 g/mol. The van der Waals surface area contributed by atoms with Gasteiger partial charge < -0.3 is 14.6 Å². The van der Waals surface area contributed by atoms with Crippen molar-refractivity contribution in [3.05, 3.63) is 39.0 Å². The molecule has 1 atom stereocenters. The molecule has 90 valence electrons. The number of rotatable bonds is 2. The minimum absolute atomic E-state index is 0.0985. The number of carbonyl (C=O) groups excluding carboxylic acids is 1. The van der Waals surface area contributed by atoms with Crippen molar-refractivity contribution in [2.24, 2.45) is 0 Å². The number of aliphatic hydroxyl groups is 1. The summed E-state index contributed by atoms with van der Waals surface area (Å²) in [5.74, 6) is -0.995. The van der Waals surface area contributed by atoms with Gasteiger partial charge >= 0.3 is 5.97 Å². The lowest BCUT2D eigenvalue weighted by molar-refractivity contribution is -0.153. The third-order valence-electron chi connectivity index (χ3n) is 1.97. The molecule has 1 N–H and O–H groups in total. The Morgan fingerprint density at radius 3 is 2.29 bits per heavy atom. The number of hydrogen-bond donors (Lipinski definition) is 1. The molecule has 1 aliphatic rings. The molecule has 1 heterocycles. The van der Waals surface area contributed by atoms with Crippen molar-refractivity contribution in [2.75, 3.05) is 0 Å². The third-order valence-corrected chi connectivity index (χ3v) is 2.91. The largest absolute Gasteiger partial charge is 0.450 e. The molecular weight excluding hydrogens is 290 g/mol. The van der Waals surface area contributed by atoms with Gasteiger partial charge in [-0.25, -0.2) is 4.79 Å². The normalized spacial score (nSPS) is 19.5. The Hall–Kier alpha value is -0.940. The van der Waals surface area contributed by atoms with Crippen LogP contribution in [-0.2, 0) is 9.53 Å². The van der Waals surface area contributed by atoms with E-state index in [-0.39, 0.29) is 26.6 Å². The van der Waals surface area contributed by atoms with Gasteiger partial charge in [0.15, 0.2) is 16.5 Å². The Balaban J connectivity index is 2.36. The van der Waals surface area contributed by atoms with Crippen LogP contribution in [0.3, 0.4) is 0 Å². The Morgan fingerprint density at radius 2 is 1.82 bits per heavy atom.